The first-order chi connectivity index (χ1) is 7.33. The number of aliphatic hydroxyl groups excluding tert-OH is 1. The van der Waals surface area contributed by atoms with Crippen molar-refractivity contribution >= 4 is 11.3 Å². The summed E-state index contributed by atoms with van der Waals surface area (Å²) < 4.78 is 5.37. The van der Waals surface area contributed by atoms with Gasteiger partial charge in [0.05, 0.1) is 19.3 Å². The van der Waals surface area contributed by atoms with Gasteiger partial charge in [0, 0.05) is 18.0 Å². The van der Waals surface area contributed by atoms with Gasteiger partial charge in [-0.15, -0.1) is 17.9 Å². The molecule has 0 fully saturated rings. The van der Waals surface area contributed by atoms with E-state index in [1.807, 2.05) is 17.5 Å². The second kappa shape index (κ2) is 7.59. The molecule has 0 saturated carbocycles. The van der Waals surface area contributed by atoms with Crippen molar-refractivity contribution in [2.75, 3.05) is 19.7 Å². The Morgan fingerprint density at radius 2 is 2.53 bits per heavy atom. The zero-order chi connectivity index (χ0) is 10.9. The molecule has 1 aromatic rings. The van der Waals surface area contributed by atoms with Crippen molar-refractivity contribution in [3.05, 3.63) is 35.0 Å². The summed E-state index contributed by atoms with van der Waals surface area (Å²) in [7, 11) is 0. The Morgan fingerprint density at radius 1 is 1.67 bits per heavy atom. The Kier molecular flexibility index (Phi) is 6.27. The summed E-state index contributed by atoms with van der Waals surface area (Å²) in [5, 5.41) is 14.5. The highest BCUT2D eigenvalue weighted by molar-refractivity contribution is 7.09. The number of hydrogen-bond acceptors (Lipinski definition) is 4. The Morgan fingerprint density at radius 3 is 3.20 bits per heavy atom. The molecule has 4 heteroatoms. The smallest absolute Gasteiger partial charge is 0.0897 e. The largest absolute Gasteiger partial charge is 0.389 e. The van der Waals surface area contributed by atoms with Crippen LogP contribution in [0.2, 0.25) is 0 Å². The van der Waals surface area contributed by atoms with Crippen molar-refractivity contribution in [1.29, 1.82) is 0 Å². The molecule has 0 bridgehead atoms. The van der Waals surface area contributed by atoms with Crippen LogP contribution in [0.25, 0.3) is 0 Å². The molecular formula is C11H17NO2S. The van der Waals surface area contributed by atoms with E-state index in [1.165, 1.54) is 4.88 Å². The van der Waals surface area contributed by atoms with E-state index >= 15 is 0 Å². The number of hydrogen-bond donors (Lipinski definition) is 2. The molecule has 84 valence electrons. The molecule has 0 saturated heterocycles. The molecule has 0 amide bonds. The van der Waals surface area contributed by atoms with E-state index in [0.717, 1.165) is 0 Å². The molecule has 1 atom stereocenters. The lowest BCUT2D eigenvalue weighted by molar-refractivity contribution is 0.0303. The van der Waals surface area contributed by atoms with E-state index in [4.69, 9.17) is 4.74 Å². The number of rotatable bonds is 8. The molecule has 0 radical (unpaired) electrons. The quantitative estimate of drug-likeness (QED) is 0.521. The van der Waals surface area contributed by atoms with Crippen LogP contribution in [-0.2, 0) is 11.3 Å². The van der Waals surface area contributed by atoms with E-state index in [9.17, 15) is 5.11 Å². The summed E-state index contributed by atoms with van der Waals surface area (Å²) in [5.74, 6) is 0. The molecular weight excluding hydrogens is 210 g/mol. The normalized spacial score (nSPS) is 12.6. The molecule has 0 aliphatic carbocycles. The van der Waals surface area contributed by atoms with Crippen LogP contribution in [0.1, 0.15) is 4.88 Å². The predicted octanol–water partition coefficient (Wildman–Crippen LogP) is 1.40. The summed E-state index contributed by atoms with van der Waals surface area (Å²) in [6.45, 7) is 5.77. The highest BCUT2D eigenvalue weighted by Crippen LogP contribution is 2.09. The summed E-state index contributed by atoms with van der Waals surface area (Å²) >= 11 is 1.66. The second-order valence-electron chi connectivity index (χ2n) is 3.20. The first kappa shape index (κ1) is 12.4. The zero-order valence-electron chi connectivity index (χ0n) is 8.69. The third kappa shape index (κ3) is 5.69. The minimum absolute atomic E-state index is 0.363. The van der Waals surface area contributed by atoms with Crippen molar-refractivity contribution in [2.45, 2.75) is 12.7 Å². The van der Waals surface area contributed by atoms with Gasteiger partial charge in [-0.25, -0.2) is 0 Å². The minimum atomic E-state index is -0.454. The zero-order valence-corrected chi connectivity index (χ0v) is 9.50. The maximum absolute atomic E-state index is 9.49. The van der Waals surface area contributed by atoms with Crippen LogP contribution in [0.4, 0.5) is 0 Å². The summed E-state index contributed by atoms with van der Waals surface area (Å²) in [4.78, 5) is 1.18. The lowest BCUT2D eigenvalue weighted by Crippen LogP contribution is -2.30. The third-order valence-electron chi connectivity index (χ3n) is 1.80. The van der Waals surface area contributed by atoms with Crippen LogP contribution in [0.5, 0.6) is 0 Å². The lowest BCUT2D eigenvalue weighted by atomic mass is 10.3. The Balaban J connectivity index is 2.01. The highest BCUT2D eigenvalue weighted by Gasteiger charge is 2.03. The van der Waals surface area contributed by atoms with E-state index in [0.29, 0.717) is 26.3 Å². The van der Waals surface area contributed by atoms with Gasteiger partial charge in [-0.1, -0.05) is 12.1 Å². The molecule has 1 unspecified atom stereocenters. The predicted molar refractivity (Wildman–Crippen MR) is 63.0 cm³/mol. The van der Waals surface area contributed by atoms with Crippen LogP contribution < -0.4 is 5.32 Å². The highest BCUT2D eigenvalue weighted by atomic mass is 32.1. The Hall–Kier alpha value is -0.680. The first-order valence-corrected chi connectivity index (χ1v) is 5.80. The van der Waals surface area contributed by atoms with Gasteiger partial charge in [0.15, 0.2) is 0 Å². The van der Waals surface area contributed by atoms with E-state index in [-0.39, 0.29) is 0 Å². The van der Waals surface area contributed by atoms with Crippen molar-refractivity contribution < 1.29 is 9.84 Å². The monoisotopic (exact) mass is 227 g/mol. The van der Waals surface area contributed by atoms with Gasteiger partial charge < -0.3 is 15.2 Å². The van der Waals surface area contributed by atoms with Gasteiger partial charge in [-0.05, 0) is 11.4 Å². The van der Waals surface area contributed by atoms with Gasteiger partial charge in [-0.3, -0.25) is 0 Å². The molecule has 1 aromatic heterocycles. The van der Waals surface area contributed by atoms with Crippen LogP contribution in [0.3, 0.4) is 0 Å². The fourth-order valence-corrected chi connectivity index (χ4v) is 1.74. The van der Waals surface area contributed by atoms with Crippen molar-refractivity contribution in [3.63, 3.8) is 0 Å². The Labute approximate surface area is 94.4 Å². The van der Waals surface area contributed by atoms with Crippen LogP contribution >= 0.6 is 11.3 Å². The van der Waals surface area contributed by atoms with Gasteiger partial charge in [0.2, 0.25) is 0 Å². The van der Waals surface area contributed by atoms with Gasteiger partial charge in [-0.2, -0.15) is 0 Å². The van der Waals surface area contributed by atoms with Crippen LogP contribution in [0.15, 0.2) is 30.2 Å². The Bertz CT molecular complexity index is 262. The number of ether oxygens (including phenoxy) is 1. The molecule has 1 heterocycles. The summed E-state index contributed by atoms with van der Waals surface area (Å²) in [6, 6.07) is 4.01. The van der Waals surface area contributed by atoms with E-state index in [1.54, 1.807) is 17.4 Å². The van der Waals surface area contributed by atoms with Gasteiger partial charge >= 0.3 is 0 Å². The standard InChI is InChI=1S/C11H17NO2S/c1-2-5-12-7-10(13)8-14-9-11-4-3-6-15-11/h2-4,6,10,12-13H,1,5,7-9H2. The topological polar surface area (TPSA) is 41.5 Å². The average molecular weight is 227 g/mol. The molecule has 3 nitrogen and oxygen atoms in total. The van der Waals surface area contributed by atoms with Crippen LogP contribution in [-0.4, -0.2) is 30.9 Å². The first-order valence-electron chi connectivity index (χ1n) is 4.92. The molecule has 1 rings (SSSR count). The molecule has 15 heavy (non-hydrogen) atoms. The average Bonchev–Trinajstić information content (AvgIpc) is 2.71. The molecule has 0 aliphatic heterocycles. The maximum Gasteiger partial charge on any atom is 0.0897 e. The van der Waals surface area contributed by atoms with Crippen molar-refractivity contribution in [3.8, 4) is 0 Å². The fourth-order valence-electron chi connectivity index (χ4n) is 1.10. The maximum atomic E-state index is 9.49. The van der Waals surface area contributed by atoms with Crippen molar-refractivity contribution in [1.82, 2.24) is 5.32 Å². The molecule has 0 aromatic carbocycles. The molecule has 0 spiro atoms. The van der Waals surface area contributed by atoms with Crippen LogP contribution in [0, 0.1) is 0 Å². The number of aliphatic hydroxyl groups is 1. The SMILES string of the molecule is C=CCNCC(O)COCc1cccs1. The van der Waals surface area contributed by atoms with Gasteiger partial charge in [0.25, 0.3) is 0 Å². The summed E-state index contributed by atoms with van der Waals surface area (Å²) in [5.41, 5.74) is 0. The number of thiophene rings is 1. The van der Waals surface area contributed by atoms with E-state index in [2.05, 4.69) is 11.9 Å². The van der Waals surface area contributed by atoms with E-state index < -0.39 is 6.10 Å². The summed E-state index contributed by atoms with van der Waals surface area (Å²) in [6.07, 6.45) is 1.31. The van der Waals surface area contributed by atoms with Crippen molar-refractivity contribution in [2.24, 2.45) is 0 Å². The molecule has 0 aliphatic rings. The number of nitrogens with one attached hydrogen (secondary N) is 1. The molecule has 2 N–H and O–H groups in total. The third-order valence-corrected chi connectivity index (χ3v) is 2.65. The second-order valence-corrected chi connectivity index (χ2v) is 4.23. The fraction of sp³-hybridized carbons (Fsp3) is 0.455. The minimum Gasteiger partial charge on any atom is -0.389 e. The van der Waals surface area contributed by atoms with Gasteiger partial charge in [0.1, 0.15) is 0 Å². The lowest BCUT2D eigenvalue weighted by Gasteiger charge is -2.10.